The summed E-state index contributed by atoms with van der Waals surface area (Å²) in [7, 11) is 1.65. The number of ether oxygens (including phenoxy) is 1. The Morgan fingerprint density at radius 2 is 1.42 bits per heavy atom. The number of rotatable bonds is 6. The molecule has 0 amide bonds. The van der Waals surface area contributed by atoms with Crippen LogP contribution >= 0.6 is 0 Å². The van der Waals surface area contributed by atoms with E-state index in [0.29, 0.717) is 0 Å². The van der Waals surface area contributed by atoms with Gasteiger partial charge in [-0.25, -0.2) is 4.98 Å². The molecule has 0 saturated heterocycles. The lowest BCUT2D eigenvalue weighted by Crippen LogP contribution is -2.06. The molecule has 43 heavy (non-hydrogen) atoms. The summed E-state index contributed by atoms with van der Waals surface area (Å²) >= 11 is 0. The molecule has 0 fully saturated rings. The molecule has 8 aromatic rings. The predicted octanol–water partition coefficient (Wildman–Crippen LogP) is 8.44. The number of hydrogen-bond acceptors (Lipinski definition) is 4. The molecule has 8 heteroatoms. The number of nitrogens with zero attached hydrogens (tertiary/aromatic N) is 2. The Morgan fingerprint density at radius 1 is 0.744 bits per heavy atom. The maximum absolute atomic E-state index is 11.8. The molecule has 0 radical (unpaired) electrons. The van der Waals surface area contributed by atoms with Gasteiger partial charge in [0.2, 0.25) is 0 Å². The van der Waals surface area contributed by atoms with Crippen molar-refractivity contribution < 1.29 is 9.66 Å². The molecule has 0 aliphatic heterocycles. The van der Waals surface area contributed by atoms with Crippen LogP contribution in [0.25, 0.3) is 54.9 Å². The van der Waals surface area contributed by atoms with Crippen LogP contribution in [0.2, 0.25) is 0 Å². The SMILES string of the molecule is COc1ccc(-c2nc(C(c3c[nH]c4ccccc34)c3c[nH]c4ccc([N+](=O)[O-])cc34)cc3c2[nH]c2ccccc23)cc1. The highest BCUT2D eigenvalue weighted by Crippen LogP contribution is 2.42. The number of benzene rings is 4. The summed E-state index contributed by atoms with van der Waals surface area (Å²) in [6.07, 6.45) is 3.98. The average Bonchev–Trinajstić information content (AvgIpc) is 3.77. The van der Waals surface area contributed by atoms with E-state index in [1.165, 1.54) is 6.07 Å². The van der Waals surface area contributed by atoms with E-state index in [9.17, 15) is 10.1 Å². The fraction of sp³-hybridized carbons (Fsp3) is 0.0571. The topological polar surface area (TPSA) is 113 Å². The van der Waals surface area contributed by atoms with Crippen molar-refractivity contribution in [1.82, 2.24) is 19.9 Å². The molecule has 208 valence electrons. The van der Waals surface area contributed by atoms with Crippen molar-refractivity contribution in [2.45, 2.75) is 5.92 Å². The van der Waals surface area contributed by atoms with E-state index in [1.54, 1.807) is 19.2 Å². The van der Waals surface area contributed by atoms with Crippen LogP contribution in [0.15, 0.2) is 109 Å². The Balaban J connectivity index is 1.46. The van der Waals surface area contributed by atoms with E-state index < -0.39 is 0 Å². The van der Waals surface area contributed by atoms with Crippen LogP contribution < -0.4 is 4.74 Å². The first-order valence-electron chi connectivity index (χ1n) is 14.0. The van der Waals surface area contributed by atoms with Crippen molar-refractivity contribution in [2.24, 2.45) is 0 Å². The molecular formula is C35H25N5O3. The first-order valence-corrected chi connectivity index (χ1v) is 14.0. The normalized spacial score (nSPS) is 12.4. The number of pyridine rings is 1. The monoisotopic (exact) mass is 563 g/mol. The van der Waals surface area contributed by atoms with Gasteiger partial charge in [-0.1, -0.05) is 36.4 Å². The molecule has 3 N–H and O–H groups in total. The van der Waals surface area contributed by atoms with Gasteiger partial charge >= 0.3 is 0 Å². The first-order chi connectivity index (χ1) is 21.1. The molecule has 0 aliphatic carbocycles. The molecule has 1 unspecified atom stereocenters. The van der Waals surface area contributed by atoms with Gasteiger partial charge in [-0.3, -0.25) is 10.1 Å². The van der Waals surface area contributed by atoms with E-state index in [1.807, 2.05) is 60.9 Å². The van der Waals surface area contributed by atoms with Crippen LogP contribution in [-0.2, 0) is 0 Å². The van der Waals surface area contributed by atoms with Crippen molar-refractivity contribution in [1.29, 1.82) is 0 Å². The van der Waals surface area contributed by atoms with Crippen LogP contribution in [0.3, 0.4) is 0 Å². The van der Waals surface area contributed by atoms with Gasteiger partial charge in [0.1, 0.15) is 5.75 Å². The highest BCUT2D eigenvalue weighted by Gasteiger charge is 2.27. The van der Waals surface area contributed by atoms with E-state index >= 15 is 0 Å². The zero-order chi connectivity index (χ0) is 29.1. The number of hydrogen-bond donors (Lipinski definition) is 3. The largest absolute Gasteiger partial charge is 0.497 e. The van der Waals surface area contributed by atoms with Crippen LogP contribution in [-0.4, -0.2) is 32.0 Å². The third-order valence-corrected chi connectivity index (χ3v) is 8.33. The standard InChI is InChI=1S/C35H25N5O3/c1-43-22-13-10-20(11-14-22)34-35-26(23-6-3-5-9-31(23)38-35)17-32(39-34)33(27-18-36-29-8-4-2-7-24(27)29)28-19-37-30-15-12-21(40(41)42)16-25(28)30/h2-19,33,36-38H,1H3. The van der Waals surface area contributed by atoms with Crippen LogP contribution in [0, 0.1) is 10.1 Å². The maximum atomic E-state index is 11.8. The molecule has 4 aromatic heterocycles. The minimum atomic E-state index is -0.352. The molecular weight excluding hydrogens is 538 g/mol. The van der Waals surface area contributed by atoms with Crippen molar-refractivity contribution in [3.63, 3.8) is 0 Å². The van der Waals surface area contributed by atoms with Gasteiger partial charge in [0, 0.05) is 68.2 Å². The number of methoxy groups -OCH3 is 1. The van der Waals surface area contributed by atoms with Crippen LogP contribution in [0.4, 0.5) is 5.69 Å². The number of aromatic nitrogens is 4. The summed E-state index contributed by atoms with van der Waals surface area (Å²) in [5.74, 6) is 0.437. The first kappa shape index (κ1) is 24.9. The third kappa shape index (κ3) is 3.95. The minimum Gasteiger partial charge on any atom is -0.497 e. The number of para-hydroxylation sites is 2. The van der Waals surface area contributed by atoms with Crippen molar-refractivity contribution >= 4 is 49.3 Å². The lowest BCUT2D eigenvalue weighted by molar-refractivity contribution is -0.384. The number of fused-ring (bicyclic) bond motifs is 5. The molecule has 4 heterocycles. The lowest BCUT2D eigenvalue weighted by atomic mass is 9.86. The summed E-state index contributed by atoms with van der Waals surface area (Å²) < 4.78 is 5.43. The zero-order valence-corrected chi connectivity index (χ0v) is 23.1. The Bertz CT molecular complexity index is 2330. The van der Waals surface area contributed by atoms with E-state index in [0.717, 1.165) is 77.4 Å². The number of nitro groups is 1. The smallest absolute Gasteiger partial charge is 0.270 e. The quantitative estimate of drug-likeness (QED) is 0.139. The van der Waals surface area contributed by atoms with Gasteiger partial charge in [0.05, 0.1) is 34.9 Å². The van der Waals surface area contributed by atoms with Crippen LogP contribution in [0.5, 0.6) is 5.75 Å². The lowest BCUT2D eigenvalue weighted by Gasteiger charge is -2.18. The molecule has 0 saturated carbocycles. The highest BCUT2D eigenvalue weighted by molar-refractivity contribution is 6.11. The number of nitrogens with one attached hydrogen (secondary N) is 3. The summed E-state index contributed by atoms with van der Waals surface area (Å²) in [5.41, 5.74) is 8.41. The second-order valence-corrected chi connectivity index (χ2v) is 10.7. The van der Waals surface area contributed by atoms with Crippen LogP contribution in [0.1, 0.15) is 22.7 Å². The Hall–Kier alpha value is -5.89. The predicted molar refractivity (Wildman–Crippen MR) is 170 cm³/mol. The molecule has 0 aliphatic rings. The molecule has 4 aromatic carbocycles. The van der Waals surface area contributed by atoms with Gasteiger partial charge in [-0.05, 0) is 59.7 Å². The van der Waals surface area contributed by atoms with Gasteiger partial charge in [-0.2, -0.15) is 0 Å². The van der Waals surface area contributed by atoms with E-state index in [-0.39, 0.29) is 16.5 Å². The van der Waals surface area contributed by atoms with Gasteiger partial charge in [-0.15, -0.1) is 0 Å². The molecule has 0 bridgehead atoms. The zero-order valence-electron chi connectivity index (χ0n) is 23.1. The molecule has 0 spiro atoms. The number of H-pyrrole nitrogens is 3. The second kappa shape index (κ2) is 9.60. The highest BCUT2D eigenvalue weighted by atomic mass is 16.6. The second-order valence-electron chi connectivity index (χ2n) is 10.7. The summed E-state index contributed by atoms with van der Waals surface area (Å²) in [6, 6.07) is 31.4. The van der Waals surface area contributed by atoms with Crippen molar-refractivity contribution in [2.75, 3.05) is 7.11 Å². The fourth-order valence-corrected chi connectivity index (χ4v) is 6.27. The Morgan fingerprint density at radius 3 is 2.16 bits per heavy atom. The van der Waals surface area contributed by atoms with E-state index in [2.05, 4.69) is 45.3 Å². The Kier molecular flexibility index (Phi) is 5.55. The van der Waals surface area contributed by atoms with Gasteiger partial charge < -0.3 is 19.7 Å². The number of nitro benzene ring substituents is 1. The van der Waals surface area contributed by atoms with Gasteiger partial charge in [0.25, 0.3) is 5.69 Å². The minimum absolute atomic E-state index is 0.0463. The van der Waals surface area contributed by atoms with E-state index in [4.69, 9.17) is 9.72 Å². The third-order valence-electron chi connectivity index (χ3n) is 8.33. The van der Waals surface area contributed by atoms with Crippen molar-refractivity contribution in [3.05, 3.63) is 136 Å². The average molecular weight is 564 g/mol. The van der Waals surface area contributed by atoms with Gasteiger partial charge in [0.15, 0.2) is 0 Å². The summed E-state index contributed by atoms with van der Waals surface area (Å²) in [4.78, 5) is 27.2. The molecule has 8 rings (SSSR count). The number of non-ortho nitro benzene ring substituents is 1. The summed E-state index contributed by atoms with van der Waals surface area (Å²) in [5, 5.41) is 15.8. The Labute approximate surface area is 245 Å². The molecule has 1 atom stereocenters. The fourth-order valence-electron chi connectivity index (χ4n) is 6.27. The number of aromatic amines is 3. The van der Waals surface area contributed by atoms with Crippen molar-refractivity contribution in [3.8, 4) is 17.0 Å². The maximum Gasteiger partial charge on any atom is 0.270 e. The molecule has 8 nitrogen and oxygen atoms in total. The summed E-state index contributed by atoms with van der Waals surface area (Å²) in [6.45, 7) is 0.